The van der Waals surface area contributed by atoms with Crippen molar-refractivity contribution in [2.45, 2.75) is 31.5 Å². The number of carbonyl (C=O) groups is 2. The highest BCUT2D eigenvalue weighted by Gasteiger charge is 2.56. The van der Waals surface area contributed by atoms with Crippen LogP contribution in [0.2, 0.25) is 0 Å². The summed E-state index contributed by atoms with van der Waals surface area (Å²) in [6.45, 7) is 3.56. The normalized spacial score (nSPS) is 22.1. The van der Waals surface area contributed by atoms with E-state index in [4.69, 9.17) is 9.90 Å². The van der Waals surface area contributed by atoms with Gasteiger partial charge in [-0.15, -0.1) is 0 Å². The van der Waals surface area contributed by atoms with Crippen molar-refractivity contribution >= 4 is 17.8 Å². The number of aliphatic carboxylic acids is 1. The zero-order valence-electron chi connectivity index (χ0n) is 19.8. The molecule has 0 bridgehead atoms. The predicted octanol–water partition coefficient (Wildman–Crippen LogP) is 2.71. The standard InChI is InChI=1S/C22H29N5O.C2HF3O2/c1-25(2)20(28)22-11-6-14-27(21-23-12-7-13-24-21)19(22)16-26(17-22)15-10-18-8-4-3-5-9-18;3-2(4,5)1(6)7/h3-5,7-9,12-13,19H,6,10-11,14-17H2,1-2H3;(H,6,7)/t19-,22-;/m1./s1. The molecule has 0 saturated carbocycles. The zero-order valence-corrected chi connectivity index (χ0v) is 19.8. The molecule has 2 fully saturated rings. The Morgan fingerprint density at radius 2 is 1.77 bits per heavy atom. The molecule has 190 valence electrons. The number of rotatable bonds is 5. The van der Waals surface area contributed by atoms with E-state index >= 15 is 0 Å². The summed E-state index contributed by atoms with van der Waals surface area (Å²) < 4.78 is 31.7. The van der Waals surface area contributed by atoms with E-state index in [2.05, 4.69) is 50.1 Å². The van der Waals surface area contributed by atoms with Gasteiger partial charge in [0.25, 0.3) is 0 Å². The molecule has 4 rings (SSSR count). The number of carboxylic acid groups (broad SMARTS) is 1. The minimum absolute atomic E-state index is 0.120. The third-order valence-corrected chi connectivity index (χ3v) is 6.42. The molecule has 11 heteroatoms. The quantitative estimate of drug-likeness (QED) is 0.685. The first-order valence-corrected chi connectivity index (χ1v) is 11.4. The molecule has 0 radical (unpaired) electrons. The molecule has 35 heavy (non-hydrogen) atoms. The van der Waals surface area contributed by atoms with Crippen LogP contribution in [-0.4, -0.2) is 89.2 Å². The Labute approximate surface area is 202 Å². The molecule has 0 unspecified atom stereocenters. The Kier molecular flexibility index (Phi) is 8.31. The number of hydrogen-bond donors (Lipinski definition) is 1. The van der Waals surface area contributed by atoms with Crippen molar-refractivity contribution in [2.75, 3.05) is 45.2 Å². The van der Waals surface area contributed by atoms with Crippen molar-refractivity contribution in [1.29, 1.82) is 0 Å². The van der Waals surface area contributed by atoms with Crippen LogP contribution in [0.4, 0.5) is 19.1 Å². The maximum absolute atomic E-state index is 13.3. The molecule has 2 aliphatic heterocycles. The van der Waals surface area contributed by atoms with Crippen molar-refractivity contribution in [3.05, 3.63) is 54.4 Å². The van der Waals surface area contributed by atoms with Crippen molar-refractivity contribution in [3.63, 3.8) is 0 Å². The summed E-state index contributed by atoms with van der Waals surface area (Å²) >= 11 is 0. The highest BCUT2D eigenvalue weighted by atomic mass is 19.4. The predicted molar refractivity (Wildman–Crippen MR) is 124 cm³/mol. The number of carbonyl (C=O) groups excluding carboxylic acids is 1. The summed E-state index contributed by atoms with van der Waals surface area (Å²) in [5.74, 6) is -1.78. The van der Waals surface area contributed by atoms with Gasteiger partial charge < -0.3 is 14.9 Å². The summed E-state index contributed by atoms with van der Waals surface area (Å²) in [5, 5.41) is 7.12. The number of anilines is 1. The van der Waals surface area contributed by atoms with Gasteiger partial charge in [0.1, 0.15) is 0 Å². The molecule has 2 aromatic rings. The number of aromatic nitrogens is 2. The molecular formula is C24H30F3N5O3. The van der Waals surface area contributed by atoms with E-state index in [0.29, 0.717) is 0 Å². The molecule has 1 aromatic heterocycles. The van der Waals surface area contributed by atoms with Gasteiger partial charge in [0.2, 0.25) is 11.9 Å². The van der Waals surface area contributed by atoms with Crippen LogP contribution < -0.4 is 4.90 Å². The topological polar surface area (TPSA) is 89.9 Å². The van der Waals surface area contributed by atoms with Crippen molar-refractivity contribution in [3.8, 4) is 0 Å². The molecule has 0 spiro atoms. The van der Waals surface area contributed by atoms with Crippen LogP contribution in [0.3, 0.4) is 0 Å². The number of piperidine rings is 1. The van der Waals surface area contributed by atoms with Crippen molar-refractivity contribution in [1.82, 2.24) is 19.8 Å². The fraction of sp³-hybridized carbons (Fsp3) is 0.500. The van der Waals surface area contributed by atoms with E-state index in [0.717, 1.165) is 51.4 Å². The lowest BCUT2D eigenvalue weighted by atomic mass is 9.74. The van der Waals surface area contributed by atoms with Gasteiger partial charge in [-0.1, -0.05) is 30.3 Å². The van der Waals surface area contributed by atoms with Gasteiger partial charge in [0, 0.05) is 52.7 Å². The summed E-state index contributed by atoms with van der Waals surface area (Å²) in [7, 11) is 3.75. The van der Waals surface area contributed by atoms with Crippen LogP contribution in [0, 0.1) is 5.41 Å². The number of likely N-dealkylation sites (tertiary alicyclic amines) is 1. The Bertz CT molecular complexity index is 991. The lowest BCUT2D eigenvalue weighted by molar-refractivity contribution is -0.192. The summed E-state index contributed by atoms with van der Waals surface area (Å²) in [6.07, 6.45) is 1.41. The highest BCUT2D eigenvalue weighted by Crippen LogP contribution is 2.44. The number of alkyl halides is 3. The van der Waals surface area contributed by atoms with Crippen LogP contribution >= 0.6 is 0 Å². The van der Waals surface area contributed by atoms with Crippen molar-refractivity contribution in [2.24, 2.45) is 5.41 Å². The minimum Gasteiger partial charge on any atom is -0.475 e. The zero-order chi connectivity index (χ0) is 25.6. The average molecular weight is 494 g/mol. The largest absolute Gasteiger partial charge is 0.490 e. The Morgan fingerprint density at radius 1 is 1.14 bits per heavy atom. The van der Waals surface area contributed by atoms with Gasteiger partial charge in [0.05, 0.1) is 11.5 Å². The number of hydrogen-bond acceptors (Lipinski definition) is 6. The van der Waals surface area contributed by atoms with Crippen LogP contribution in [0.25, 0.3) is 0 Å². The van der Waals surface area contributed by atoms with Gasteiger partial charge in [-0.2, -0.15) is 13.2 Å². The molecular weight excluding hydrogens is 463 g/mol. The second-order valence-electron chi connectivity index (χ2n) is 8.99. The van der Waals surface area contributed by atoms with Gasteiger partial charge in [-0.25, -0.2) is 14.8 Å². The van der Waals surface area contributed by atoms with Crippen LogP contribution in [-0.2, 0) is 16.0 Å². The van der Waals surface area contributed by atoms with Gasteiger partial charge in [-0.05, 0) is 30.9 Å². The van der Waals surface area contributed by atoms with E-state index in [9.17, 15) is 18.0 Å². The lowest BCUT2D eigenvalue weighted by Gasteiger charge is -2.45. The molecule has 2 atom stereocenters. The summed E-state index contributed by atoms with van der Waals surface area (Å²) in [5.41, 5.74) is 0.964. The van der Waals surface area contributed by atoms with Gasteiger partial charge in [0.15, 0.2) is 0 Å². The molecule has 1 aromatic carbocycles. The first-order chi connectivity index (χ1) is 16.5. The molecule has 2 aliphatic rings. The SMILES string of the molecule is CN(C)C(=O)[C@@]12CCCN(c3ncccn3)[C@@H]1CN(CCc1ccccc1)C2.O=C(O)C(F)(F)F. The fourth-order valence-electron chi connectivity index (χ4n) is 4.90. The third-order valence-electron chi connectivity index (χ3n) is 6.42. The van der Waals surface area contributed by atoms with Gasteiger partial charge in [-0.3, -0.25) is 9.69 Å². The molecule has 1 N–H and O–H groups in total. The van der Waals surface area contributed by atoms with E-state index in [1.165, 1.54) is 5.56 Å². The van der Waals surface area contributed by atoms with Gasteiger partial charge >= 0.3 is 12.1 Å². The monoisotopic (exact) mass is 493 g/mol. The van der Waals surface area contributed by atoms with Crippen LogP contribution in [0.5, 0.6) is 0 Å². The number of nitrogens with zero attached hydrogens (tertiary/aromatic N) is 5. The number of carboxylic acids is 1. The molecule has 8 nitrogen and oxygen atoms in total. The van der Waals surface area contributed by atoms with E-state index in [1.54, 1.807) is 17.3 Å². The molecule has 2 saturated heterocycles. The lowest BCUT2D eigenvalue weighted by Crippen LogP contribution is -2.58. The maximum atomic E-state index is 13.3. The Morgan fingerprint density at radius 3 is 2.34 bits per heavy atom. The second kappa shape index (κ2) is 11.0. The third kappa shape index (κ3) is 6.27. The smallest absolute Gasteiger partial charge is 0.475 e. The van der Waals surface area contributed by atoms with E-state index < -0.39 is 12.1 Å². The average Bonchev–Trinajstić information content (AvgIpc) is 3.23. The van der Waals surface area contributed by atoms with E-state index in [1.807, 2.05) is 20.2 Å². The minimum atomic E-state index is -5.08. The highest BCUT2D eigenvalue weighted by molar-refractivity contribution is 5.85. The van der Waals surface area contributed by atoms with E-state index in [-0.39, 0.29) is 17.4 Å². The molecule has 1 amide bonds. The maximum Gasteiger partial charge on any atom is 0.490 e. The number of amides is 1. The molecule has 0 aliphatic carbocycles. The summed E-state index contributed by atoms with van der Waals surface area (Å²) in [6, 6.07) is 12.5. The first kappa shape index (κ1) is 26.4. The van der Waals surface area contributed by atoms with Crippen LogP contribution in [0.1, 0.15) is 18.4 Å². The molecule has 3 heterocycles. The Hall–Kier alpha value is -3.21. The number of benzene rings is 1. The van der Waals surface area contributed by atoms with Crippen LogP contribution in [0.15, 0.2) is 48.8 Å². The summed E-state index contributed by atoms with van der Waals surface area (Å²) in [4.78, 5) is 37.7. The van der Waals surface area contributed by atoms with Crippen molar-refractivity contribution < 1.29 is 27.9 Å². The Balaban J connectivity index is 0.000000429. The fourth-order valence-corrected chi connectivity index (χ4v) is 4.90. The number of fused-ring (bicyclic) bond motifs is 1. The number of halogens is 3. The second-order valence-corrected chi connectivity index (χ2v) is 8.99. The first-order valence-electron chi connectivity index (χ1n) is 11.4.